The van der Waals surface area contributed by atoms with E-state index in [-0.39, 0.29) is 11.2 Å². The highest BCUT2D eigenvalue weighted by Gasteiger charge is 2.31. The van der Waals surface area contributed by atoms with Crippen LogP contribution < -0.4 is 20.3 Å². The number of H-pyrrole nitrogens is 1. The number of carbonyl (C=O) groups excluding carboxylic acids is 1. The third kappa shape index (κ3) is 5.01. The van der Waals surface area contributed by atoms with Crippen molar-refractivity contribution in [2.24, 2.45) is 0 Å². The van der Waals surface area contributed by atoms with Crippen LogP contribution in [-0.2, 0) is 0 Å². The van der Waals surface area contributed by atoms with Gasteiger partial charge >= 0.3 is 6.36 Å². The minimum absolute atomic E-state index is 0.0219. The second-order valence-electron chi connectivity index (χ2n) is 6.41. The summed E-state index contributed by atoms with van der Waals surface area (Å²) < 4.78 is 46.8. The topological polar surface area (TPSA) is 106 Å². The number of pyridine rings is 1. The number of carbonyl (C=O) groups is 1. The van der Waals surface area contributed by atoms with Crippen molar-refractivity contribution in [3.8, 4) is 17.2 Å². The molecule has 8 nitrogen and oxygen atoms in total. The molecule has 2 aromatic carbocycles. The molecule has 162 valence electrons. The van der Waals surface area contributed by atoms with Crippen LogP contribution in [0.2, 0.25) is 0 Å². The van der Waals surface area contributed by atoms with Crippen LogP contribution in [0, 0.1) is 0 Å². The predicted molar refractivity (Wildman–Crippen MR) is 108 cm³/mol. The Hall–Kier alpha value is -4.41. The van der Waals surface area contributed by atoms with E-state index in [9.17, 15) is 22.8 Å². The smallest absolute Gasteiger partial charge is 0.455 e. The van der Waals surface area contributed by atoms with Crippen molar-refractivity contribution in [3.63, 3.8) is 0 Å². The Balaban J connectivity index is 1.52. The molecule has 2 aromatic heterocycles. The Bertz CT molecular complexity index is 1350. The lowest BCUT2D eigenvalue weighted by Crippen LogP contribution is -2.18. The van der Waals surface area contributed by atoms with Gasteiger partial charge in [0.25, 0.3) is 11.5 Å². The van der Waals surface area contributed by atoms with Crippen molar-refractivity contribution in [1.29, 1.82) is 0 Å². The van der Waals surface area contributed by atoms with Crippen molar-refractivity contribution in [1.82, 2.24) is 15.0 Å². The number of aromatic amines is 1. The lowest BCUT2D eigenvalue weighted by atomic mass is 10.2. The number of hydrogen-bond acceptors (Lipinski definition) is 6. The molecule has 2 N–H and O–H groups in total. The van der Waals surface area contributed by atoms with E-state index < -0.39 is 23.6 Å². The molecule has 0 atom stereocenters. The largest absolute Gasteiger partial charge is 0.573 e. The van der Waals surface area contributed by atoms with E-state index in [0.717, 1.165) is 18.3 Å². The first-order valence-corrected chi connectivity index (χ1v) is 9.06. The average molecular weight is 442 g/mol. The van der Waals surface area contributed by atoms with Crippen LogP contribution in [0.15, 0.2) is 71.8 Å². The Morgan fingerprint density at radius 1 is 1.00 bits per heavy atom. The van der Waals surface area contributed by atoms with Crippen LogP contribution in [0.25, 0.3) is 11.2 Å². The molecule has 11 heteroatoms. The van der Waals surface area contributed by atoms with Gasteiger partial charge in [0.05, 0.1) is 6.20 Å². The normalized spacial score (nSPS) is 11.2. The number of anilines is 1. The Morgan fingerprint density at radius 2 is 1.78 bits per heavy atom. The van der Waals surface area contributed by atoms with Crippen LogP contribution in [-0.4, -0.2) is 27.2 Å². The number of alkyl halides is 3. The highest BCUT2D eigenvalue weighted by atomic mass is 19.4. The monoisotopic (exact) mass is 442 g/mol. The van der Waals surface area contributed by atoms with Gasteiger partial charge in [-0.25, -0.2) is 9.97 Å². The maximum atomic E-state index is 12.5. The van der Waals surface area contributed by atoms with E-state index in [0.29, 0.717) is 22.7 Å². The van der Waals surface area contributed by atoms with Crippen LogP contribution >= 0.6 is 0 Å². The molecule has 0 bridgehead atoms. The lowest BCUT2D eigenvalue weighted by Gasteiger charge is -2.11. The molecule has 0 saturated heterocycles. The van der Waals surface area contributed by atoms with Gasteiger partial charge in [0.1, 0.15) is 17.0 Å². The first kappa shape index (κ1) is 20.8. The second kappa shape index (κ2) is 8.38. The number of ether oxygens (including phenoxy) is 2. The lowest BCUT2D eigenvalue weighted by molar-refractivity contribution is -0.274. The number of halogens is 3. The van der Waals surface area contributed by atoms with E-state index in [2.05, 4.69) is 25.0 Å². The van der Waals surface area contributed by atoms with Gasteiger partial charge in [0, 0.05) is 29.6 Å². The fourth-order valence-corrected chi connectivity index (χ4v) is 2.81. The van der Waals surface area contributed by atoms with Gasteiger partial charge in [-0.05, 0) is 30.3 Å². The highest BCUT2D eigenvalue weighted by molar-refractivity contribution is 6.04. The van der Waals surface area contributed by atoms with Gasteiger partial charge in [-0.3, -0.25) is 9.59 Å². The summed E-state index contributed by atoms with van der Waals surface area (Å²) in [6, 6.07) is 12.6. The molecule has 2 heterocycles. The standard InChI is InChI=1S/C21H13F3N4O4/c22-21(23,24)32-15-6-1-3-12(9-15)20(30)27-13-4-2-5-14(10-13)31-16-7-8-25-19-18(16)26-11-17(29)28-19/h1-11H,(H,27,30)(H,25,28,29). The number of fused-ring (bicyclic) bond motifs is 1. The molecular weight excluding hydrogens is 429 g/mol. The molecule has 0 saturated carbocycles. The molecular formula is C21H13F3N4O4. The minimum Gasteiger partial charge on any atom is -0.455 e. The SMILES string of the molecule is O=C(Nc1cccc(Oc2ccnc3[nH]c(=O)cnc23)c1)c1cccc(OC(F)(F)F)c1. The van der Waals surface area contributed by atoms with Crippen LogP contribution in [0.5, 0.6) is 17.2 Å². The maximum Gasteiger partial charge on any atom is 0.573 e. The number of amides is 1. The van der Waals surface area contributed by atoms with Gasteiger partial charge in [0.2, 0.25) is 0 Å². The number of aromatic nitrogens is 3. The number of hydrogen-bond donors (Lipinski definition) is 2. The summed E-state index contributed by atoms with van der Waals surface area (Å²) >= 11 is 0. The summed E-state index contributed by atoms with van der Waals surface area (Å²) in [4.78, 5) is 34.5. The number of rotatable bonds is 5. The zero-order valence-corrected chi connectivity index (χ0v) is 16.0. The van der Waals surface area contributed by atoms with Crippen molar-refractivity contribution in [2.75, 3.05) is 5.32 Å². The number of nitrogens with one attached hydrogen (secondary N) is 2. The molecule has 0 aliphatic rings. The van der Waals surface area contributed by atoms with E-state index in [1.807, 2.05) is 0 Å². The molecule has 1 amide bonds. The zero-order chi connectivity index (χ0) is 22.7. The molecule has 0 aliphatic heterocycles. The van der Waals surface area contributed by atoms with Gasteiger partial charge in [-0.2, -0.15) is 0 Å². The molecule has 0 spiro atoms. The Morgan fingerprint density at radius 3 is 2.59 bits per heavy atom. The third-order valence-corrected chi connectivity index (χ3v) is 4.09. The predicted octanol–water partition coefficient (Wildman–Crippen LogP) is 4.26. The van der Waals surface area contributed by atoms with Crippen LogP contribution in [0.3, 0.4) is 0 Å². The third-order valence-electron chi connectivity index (χ3n) is 4.09. The fourth-order valence-electron chi connectivity index (χ4n) is 2.81. The van der Waals surface area contributed by atoms with Gasteiger partial charge in [-0.1, -0.05) is 12.1 Å². The Kier molecular flexibility index (Phi) is 5.46. The Labute approximate surface area is 177 Å². The van der Waals surface area contributed by atoms with Crippen LogP contribution in [0.4, 0.5) is 18.9 Å². The zero-order valence-electron chi connectivity index (χ0n) is 16.0. The average Bonchev–Trinajstić information content (AvgIpc) is 2.73. The van der Waals surface area contributed by atoms with E-state index in [1.54, 1.807) is 24.3 Å². The van der Waals surface area contributed by atoms with E-state index >= 15 is 0 Å². The summed E-state index contributed by atoms with van der Waals surface area (Å²) in [5, 5.41) is 2.59. The van der Waals surface area contributed by atoms with Crippen molar-refractivity contribution < 1.29 is 27.4 Å². The van der Waals surface area contributed by atoms with Crippen LogP contribution in [0.1, 0.15) is 10.4 Å². The van der Waals surface area contributed by atoms with E-state index in [4.69, 9.17) is 4.74 Å². The quantitative estimate of drug-likeness (QED) is 0.478. The summed E-state index contributed by atoms with van der Waals surface area (Å²) in [5.74, 6) is -0.468. The minimum atomic E-state index is -4.86. The van der Waals surface area contributed by atoms with Gasteiger partial charge < -0.3 is 19.8 Å². The molecule has 0 fully saturated rings. The summed E-state index contributed by atoms with van der Waals surface area (Å²) in [7, 11) is 0. The fraction of sp³-hybridized carbons (Fsp3) is 0.0476. The summed E-state index contributed by atoms with van der Waals surface area (Å²) in [6.45, 7) is 0. The van der Waals surface area contributed by atoms with Gasteiger partial charge in [0.15, 0.2) is 11.4 Å². The van der Waals surface area contributed by atoms with Crippen molar-refractivity contribution in [3.05, 3.63) is 82.9 Å². The highest BCUT2D eigenvalue weighted by Crippen LogP contribution is 2.28. The summed E-state index contributed by atoms with van der Waals surface area (Å²) in [5.41, 5.74) is 0.501. The molecule has 0 unspecified atom stereocenters. The molecule has 0 radical (unpaired) electrons. The molecule has 4 aromatic rings. The first-order chi connectivity index (χ1) is 15.3. The molecule has 0 aliphatic carbocycles. The molecule has 4 rings (SSSR count). The maximum absolute atomic E-state index is 12.5. The first-order valence-electron chi connectivity index (χ1n) is 9.06. The van der Waals surface area contributed by atoms with Crippen molar-refractivity contribution in [2.45, 2.75) is 6.36 Å². The van der Waals surface area contributed by atoms with Crippen molar-refractivity contribution >= 4 is 22.8 Å². The summed E-state index contributed by atoms with van der Waals surface area (Å²) in [6.07, 6.45) is -2.32. The van der Waals surface area contributed by atoms with Gasteiger partial charge in [-0.15, -0.1) is 13.2 Å². The second-order valence-corrected chi connectivity index (χ2v) is 6.41. The molecule has 32 heavy (non-hydrogen) atoms. The number of benzene rings is 2. The number of nitrogens with zero attached hydrogens (tertiary/aromatic N) is 2. The van der Waals surface area contributed by atoms with E-state index in [1.165, 1.54) is 24.4 Å².